The zero-order valence-electron chi connectivity index (χ0n) is 7.79. The van der Waals surface area contributed by atoms with Crippen molar-refractivity contribution < 1.29 is 9.68 Å². The first-order chi connectivity index (χ1) is 4.91. The maximum atomic E-state index is 5.38. The molecule has 4 heteroatoms. The minimum atomic E-state index is -0.183. The van der Waals surface area contributed by atoms with Crippen molar-refractivity contribution in [2.75, 3.05) is 14.1 Å². The molecule has 0 aromatic rings. The third kappa shape index (κ3) is 1.90. The Morgan fingerprint density at radius 1 is 1.00 bits per heavy atom. The van der Waals surface area contributed by atoms with Crippen molar-refractivity contribution >= 4 is 0 Å². The average Bonchev–Trinajstić information content (AvgIpc) is 2.11. The molecule has 1 aliphatic heterocycles. The number of nitrogens with zero attached hydrogens (tertiary/aromatic N) is 2. The lowest BCUT2D eigenvalue weighted by atomic mass is 9.96. The standard InChI is InChI=1S/C7H16N2O2/c1-7(2,3)6-10-8(4)9(5)11-6/h6H,1-5H3. The van der Waals surface area contributed by atoms with E-state index in [1.165, 1.54) is 0 Å². The van der Waals surface area contributed by atoms with E-state index in [9.17, 15) is 0 Å². The Hall–Kier alpha value is -0.160. The third-order valence-corrected chi connectivity index (χ3v) is 1.60. The minimum Gasteiger partial charge on any atom is -0.248 e. The van der Waals surface area contributed by atoms with Crippen molar-refractivity contribution in [1.82, 2.24) is 10.3 Å². The largest absolute Gasteiger partial charge is 0.248 e. The molecule has 66 valence electrons. The van der Waals surface area contributed by atoms with Crippen molar-refractivity contribution in [3.63, 3.8) is 0 Å². The van der Waals surface area contributed by atoms with Gasteiger partial charge in [0.1, 0.15) is 0 Å². The van der Waals surface area contributed by atoms with Gasteiger partial charge >= 0.3 is 0 Å². The van der Waals surface area contributed by atoms with Crippen LogP contribution in [0.3, 0.4) is 0 Å². The van der Waals surface area contributed by atoms with Crippen LogP contribution in [0.5, 0.6) is 0 Å². The summed E-state index contributed by atoms with van der Waals surface area (Å²) in [6.07, 6.45) is -0.183. The Morgan fingerprint density at radius 2 is 1.36 bits per heavy atom. The first-order valence-corrected chi connectivity index (χ1v) is 3.72. The highest BCUT2D eigenvalue weighted by atomic mass is 17.0. The molecule has 4 nitrogen and oxygen atoms in total. The van der Waals surface area contributed by atoms with Gasteiger partial charge in [-0.05, 0) is 0 Å². The van der Waals surface area contributed by atoms with Crippen LogP contribution in [0.1, 0.15) is 20.8 Å². The zero-order chi connectivity index (χ0) is 8.65. The van der Waals surface area contributed by atoms with Crippen LogP contribution in [-0.4, -0.2) is 30.7 Å². The van der Waals surface area contributed by atoms with Crippen molar-refractivity contribution in [2.45, 2.75) is 27.1 Å². The molecule has 0 spiro atoms. The molecule has 1 saturated heterocycles. The van der Waals surface area contributed by atoms with Crippen molar-refractivity contribution in [1.29, 1.82) is 0 Å². The molecule has 0 amide bonds. The fourth-order valence-corrected chi connectivity index (χ4v) is 0.745. The van der Waals surface area contributed by atoms with Gasteiger partial charge < -0.3 is 0 Å². The molecule has 0 atom stereocenters. The van der Waals surface area contributed by atoms with Gasteiger partial charge in [-0.1, -0.05) is 31.1 Å². The first kappa shape index (κ1) is 8.93. The molecule has 0 aromatic heterocycles. The van der Waals surface area contributed by atoms with Gasteiger partial charge in [-0.3, -0.25) is 0 Å². The number of hydrogen-bond acceptors (Lipinski definition) is 4. The van der Waals surface area contributed by atoms with Crippen LogP contribution in [0.15, 0.2) is 0 Å². The van der Waals surface area contributed by atoms with E-state index in [1.54, 1.807) is 10.3 Å². The molecular weight excluding hydrogens is 144 g/mol. The second kappa shape index (κ2) is 2.71. The van der Waals surface area contributed by atoms with Gasteiger partial charge in [0.25, 0.3) is 0 Å². The maximum absolute atomic E-state index is 5.38. The topological polar surface area (TPSA) is 24.9 Å². The first-order valence-electron chi connectivity index (χ1n) is 3.72. The average molecular weight is 160 g/mol. The highest BCUT2D eigenvalue weighted by Gasteiger charge is 2.36. The van der Waals surface area contributed by atoms with Crippen molar-refractivity contribution in [3.8, 4) is 0 Å². The molecule has 11 heavy (non-hydrogen) atoms. The minimum absolute atomic E-state index is 0.0129. The zero-order valence-corrected chi connectivity index (χ0v) is 7.79. The molecule has 1 rings (SSSR count). The van der Waals surface area contributed by atoms with Crippen LogP contribution in [0.25, 0.3) is 0 Å². The summed E-state index contributed by atoms with van der Waals surface area (Å²) < 4.78 is 0. The Morgan fingerprint density at radius 3 is 1.55 bits per heavy atom. The predicted molar refractivity (Wildman–Crippen MR) is 40.9 cm³/mol. The lowest BCUT2D eigenvalue weighted by Crippen LogP contribution is -2.28. The molecular formula is C7H16N2O2. The summed E-state index contributed by atoms with van der Waals surface area (Å²) in [5.74, 6) is 0. The summed E-state index contributed by atoms with van der Waals surface area (Å²) in [5, 5.41) is 3.16. The fourth-order valence-electron chi connectivity index (χ4n) is 0.745. The fraction of sp³-hybridized carbons (Fsp3) is 1.00. The monoisotopic (exact) mass is 160 g/mol. The van der Waals surface area contributed by atoms with Crippen LogP contribution in [0, 0.1) is 5.41 Å². The highest BCUT2D eigenvalue weighted by molar-refractivity contribution is 4.66. The third-order valence-electron chi connectivity index (χ3n) is 1.60. The normalized spacial score (nSPS) is 24.8. The molecule has 1 heterocycles. The summed E-state index contributed by atoms with van der Waals surface area (Å²) in [6.45, 7) is 6.22. The summed E-state index contributed by atoms with van der Waals surface area (Å²) >= 11 is 0. The quantitative estimate of drug-likeness (QED) is 0.528. The van der Waals surface area contributed by atoms with E-state index in [0.29, 0.717) is 0 Å². The molecule has 0 radical (unpaired) electrons. The molecule has 0 bridgehead atoms. The van der Waals surface area contributed by atoms with Crippen LogP contribution < -0.4 is 0 Å². The lowest BCUT2D eigenvalue weighted by Gasteiger charge is -2.22. The maximum Gasteiger partial charge on any atom is 0.205 e. The Labute approximate surface area is 67.5 Å². The number of rotatable bonds is 0. The molecule has 0 aliphatic carbocycles. The lowest BCUT2D eigenvalue weighted by molar-refractivity contribution is -0.245. The molecule has 0 unspecified atom stereocenters. The van der Waals surface area contributed by atoms with Gasteiger partial charge in [0.15, 0.2) is 0 Å². The molecule has 0 aromatic carbocycles. The van der Waals surface area contributed by atoms with Crippen LogP contribution in [0.2, 0.25) is 0 Å². The molecule has 1 fully saturated rings. The SMILES string of the molecule is CN1OC(C(C)(C)C)ON1C. The van der Waals surface area contributed by atoms with E-state index in [0.717, 1.165) is 0 Å². The summed E-state index contributed by atoms with van der Waals surface area (Å²) in [5.41, 5.74) is 0.0129. The van der Waals surface area contributed by atoms with E-state index >= 15 is 0 Å². The predicted octanol–water partition coefficient (Wildman–Crippen LogP) is 1.01. The van der Waals surface area contributed by atoms with E-state index in [4.69, 9.17) is 9.68 Å². The molecule has 0 saturated carbocycles. The van der Waals surface area contributed by atoms with Gasteiger partial charge in [0.05, 0.1) is 0 Å². The van der Waals surface area contributed by atoms with Gasteiger partial charge in [0.2, 0.25) is 6.29 Å². The van der Waals surface area contributed by atoms with Crippen LogP contribution in [-0.2, 0) is 9.68 Å². The molecule has 0 N–H and O–H groups in total. The van der Waals surface area contributed by atoms with E-state index in [1.807, 2.05) is 14.1 Å². The van der Waals surface area contributed by atoms with Crippen molar-refractivity contribution in [3.05, 3.63) is 0 Å². The number of hydrogen-bond donors (Lipinski definition) is 0. The van der Waals surface area contributed by atoms with Gasteiger partial charge in [-0.25, -0.2) is 9.68 Å². The summed E-state index contributed by atoms with van der Waals surface area (Å²) in [7, 11) is 3.62. The highest BCUT2D eigenvalue weighted by Crippen LogP contribution is 2.28. The van der Waals surface area contributed by atoms with E-state index < -0.39 is 0 Å². The Balaban J connectivity index is 2.54. The van der Waals surface area contributed by atoms with Crippen LogP contribution >= 0.6 is 0 Å². The van der Waals surface area contributed by atoms with Crippen molar-refractivity contribution in [2.24, 2.45) is 5.41 Å². The Kier molecular flexibility index (Phi) is 2.20. The van der Waals surface area contributed by atoms with E-state index in [-0.39, 0.29) is 11.7 Å². The second-order valence-corrected chi connectivity index (χ2v) is 3.84. The summed E-state index contributed by atoms with van der Waals surface area (Å²) in [4.78, 5) is 10.8. The van der Waals surface area contributed by atoms with Crippen LogP contribution in [0.4, 0.5) is 0 Å². The molecule has 1 aliphatic rings. The Bertz CT molecular complexity index is 134. The van der Waals surface area contributed by atoms with Gasteiger partial charge in [-0.2, -0.15) is 0 Å². The van der Waals surface area contributed by atoms with Gasteiger partial charge in [0, 0.05) is 19.5 Å². The van der Waals surface area contributed by atoms with Gasteiger partial charge in [-0.15, -0.1) is 0 Å². The van der Waals surface area contributed by atoms with E-state index in [2.05, 4.69) is 20.8 Å². The summed E-state index contributed by atoms with van der Waals surface area (Å²) in [6, 6.07) is 0. The smallest absolute Gasteiger partial charge is 0.205 e. The second-order valence-electron chi connectivity index (χ2n) is 3.84. The number of hydroxylamine groups is 2. The number of hydrazine groups is 1.